The fraction of sp³-hybridized carbons (Fsp3) is 0.588. The van der Waals surface area contributed by atoms with Crippen LogP contribution in [0.25, 0.3) is 0 Å². The maximum atomic E-state index is 13.3. The molecule has 0 amide bonds. The van der Waals surface area contributed by atoms with Crippen LogP contribution >= 0.6 is 0 Å². The maximum Gasteiger partial charge on any atom is 0.418 e. The van der Waals surface area contributed by atoms with Crippen molar-refractivity contribution in [1.29, 1.82) is 5.26 Å². The Labute approximate surface area is 139 Å². The number of hydrogen-bond acceptors (Lipinski definition) is 4. The number of alkyl halides is 3. The third-order valence-corrected chi connectivity index (χ3v) is 4.79. The standard InChI is InChI=1S/C17H20F3N3O/c18-17(19,20)15-2-1-13(12-21)11-16(15)23-7-5-22(6-8-23)14-3-9-24-10-4-14/h1-2,11,14H,3-10H2. The van der Waals surface area contributed by atoms with Crippen LogP contribution in [0.15, 0.2) is 18.2 Å². The van der Waals surface area contributed by atoms with Crippen molar-refractivity contribution in [2.24, 2.45) is 0 Å². The lowest BCUT2D eigenvalue weighted by molar-refractivity contribution is -0.137. The number of ether oxygens (including phenoxy) is 1. The van der Waals surface area contributed by atoms with Crippen molar-refractivity contribution in [3.05, 3.63) is 29.3 Å². The highest BCUT2D eigenvalue weighted by atomic mass is 19.4. The smallest absolute Gasteiger partial charge is 0.381 e. The molecular formula is C17H20F3N3O. The van der Waals surface area contributed by atoms with E-state index in [0.717, 1.165) is 45.2 Å². The van der Waals surface area contributed by atoms with Crippen LogP contribution in [0.2, 0.25) is 0 Å². The van der Waals surface area contributed by atoms with Crippen LogP contribution in [0.5, 0.6) is 0 Å². The number of rotatable bonds is 2. The number of anilines is 1. The van der Waals surface area contributed by atoms with E-state index >= 15 is 0 Å². The molecule has 0 unspecified atom stereocenters. The van der Waals surface area contributed by atoms with Crippen LogP contribution in [0.4, 0.5) is 18.9 Å². The third kappa shape index (κ3) is 3.65. The van der Waals surface area contributed by atoms with Gasteiger partial charge in [0, 0.05) is 45.4 Å². The molecule has 2 saturated heterocycles. The first-order valence-corrected chi connectivity index (χ1v) is 8.17. The Morgan fingerprint density at radius 3 is 2.33 bits per heavy atom. The Morgan fingerprint density at radius 2 is 1.75 bits per heavy atom. The van der Waals surface area contributed by atoms with Gasteiger partial charge in [0.2, 0.25) is 0 Å². The Balaban J connectivity index is 1.74. The first kappa shape index (κ1) is 17.1. The zero-order chi connectivity index (χ0) is 17.2. The molecule has 1 aromatic carbocycles. The van der Waals surface area contributed by atoms with Crippen LogP contribution in [-0.4, -0.2) is 50.3 Å². The van der Waals surface area contributed by atoms with Gasteiger partial charge in [-0.05, 0) is 31.0 Å². The maximum absolute atomic E-state index is 13.3. The Morgan fingerprint density at radius 1 is 1.08 bits per heavy atom. The van der Waals surface area contributed by atoms with E-state index in [1.165, 1.54) is 12.1 Å². The molecule has 24 heavy (non-hydrogen) atoms. The van der Waals surface area contributed by atoms with Gasteiger partial charge in [-0.25, -0.2) is 0 Å². The zero-order valence-electron chi connectivity index (χ0n) is 13.4. The number of nitriles is 1. The fourth-order valence-corrected chi connectivity index (χ4v) is 3.48. The minimum absolute atomic E-state index is 0.119. The summed E-state index contributed by atoms with van der Waals surface area (Å²) in [6.45, 7) is 4.06. The first-order valence-electron chi connectivity index (χ1n) is 8.17. The van der Waals surface area contributed by atoms with Crippen molar-refractivity contribution in [3.8, 4) is 6.07 Å². The molecule has 0 bridgehead atoms. The molecule has 1 aromatic rings. The second-order valence-corrected chi connectivity index (χ2v) is 6.21. The highest BCUT2D eigenvalue weighted by molar-refractivity contribution is 5.59. The molecule has 130 valence electrons. The summed E-state index contributed by atoms with van der Waals surface area (Å²) in [6, 6.07) is 5.99. The zero-order valence-corrected chi connectivity index (χ0v) is 13.4. The summed E-state index contributed by atoms with van der Waals surface area (Å²) in [6.07, 6.45) is -2.45. The molecule has 0 N–H and O–H groups in total. The normalized spacial score (nSPS) is 20.8. The molecule has 0 aromatic heterocycles. The molecular weight excluding hydrogens is 319 g/mol. The van der Waals surface area contributed by atoms with Gasteiger partial charge in [0.15, 0.2) is 0 Å². The second-order valence-electron chi connectivity index (χ2n) is 6.21. The van der Waals surface area contributed by atoms with Crippen LogP contribution in [-0.2, 0) is 10.9 Å². The minimum atomic E-state index is -4.42. The van der Waals surface area contributed by atoms with Crippen molar-refractivity contribution >= 4 is 5.69 Å². The number of piperazine rings is 1. The van der Waals surface area contributed by atoms with E-state index in [4.69, 9.17) is 10.00 Å². The van der Waals surface area contributed by atoms with Gasteiger partial charge in [-0.1, -0.05) is 0 Å². The largest absolute Gasteiger partial charge is 0.418 e. The summed E-state index contributed by atoms with van der Waals surface area (Å²) >= 11 is 0. The highest BCUT2D eigenvalue weighted by Crippen LogP contribution is 2.37. The van der Waals surface area contributed by atoms with Gasteiger partial charge in [0.25, 0.3) is 0 Å². The molecule has 2 aliphatic heterocycles. The first-order chi connectivity index (χ1) is 11.5. The van der Waals surface area contributed by atoms with Gasteiger partial charge in [-0.15, -0.1) is 0 Å². The summed E-state index contributed by atoms with van der Waals surface area (Å²) in [4.78, 5) is 4.10. The van der Waals surface area contributed by atoms with Gasteiger partial charge >= 0.3 is 6.18 Å². The van der Waals surface area contributed by atoms with E-state index in [0.29, 0.717) is 19.1 Å². The molecule has 0 aliphatic carbocycles. The predicted molar refractivity (Wildman–Crippen MR) is 83.8 cm³/mol. The summed E-state index contributed by atoms with van der Waals surface area (Å²) in [5.41, 5.74) is -0.293. The lowest BCUT2D eigenvalue weighted by Crippen LogP contribution is -2.52. The summed E-state index contributed by atoms with van der Waals surface area (Å²) < 4.78 is 45.2. The van der Waals surface area contributed by atoms with Crippen LogP contribution in [0.1, 0.15) is 24.0 Å². The molecule has 4 nitrogen and oxygen atoms in total. The van der Waals surface area contributed by atoms with Crippen molar-refractivity contribution < 1.29 is 17.9 Å². The molecule has 2 fully saturated rings. The highest BCUT2D eigenvalue weighted by Gasteiger charge is 2.36. The van der Waals surface area contributed by atoms with Crippen LogP contribution < -0.4 is 4.90 Å². The minimum Gasteiger partial charge on any atom is -0.381 e. The number of benzene rings is 1. The summed E-state index contributed by atoms with van der Waals surface area (Å²) in [5.74, 6) is 0. The summed E-state index contributed by atoms with van der Waals surface area (Å²) in [7, 11) is 0. The topological polar surface area (TPSA) is 39.5 Å². The van der Waals surface area contributed by atoms with E-state index in [2.05, 4.69) is 4.90 Å². The van der Waals surface area contributed by atoms with Gasteiger partial charge < -0.3 is 9.64 Å². The molecule has 7 heteroatoms. The average Bonchev–Trinajstić information content (AvgIpc) is 2.61. The van der Waals surface area contributed by atoms with Crippen LogP contribution in [0, 0.1) is 11.3 Å². The summed E-state index contributed by atoms with van der Waals surface area (Å²) in [5, 5.41) is 9.00. The monoisotopic (exact) mass is 339 g/mol. The fourth-order valence-electron chi connectivity index (χ4n) is 3.48. The molecule has 0 radical (unpaired) electrons. The Kier molecular flexibility index (Phi) is 4.97. The number of hydrogen-bond donors (Lipinski definition) is 0. The van der Waals surface area contributed by atoms with Gasteiger partial charge in [0.1, 0.15) is 0 Å². The molecule has 0 saturated carbocycles. The molecule has 0 atom stereocenters. The average molecular weight is 339 g/mol. The van der Waals surface area contributed by atoms with Crippen LogP contribution in [0.3, 0.4) is 0 Å². The molecule has 0 spiro atoms. The SMILES string of the molecule is N#Cc1ccc(C(F)(F)F)c(N2CCN(C3CCOCC3)CC2)c1. The van der Waals surface area contributed by atoms with E-state index in [1.54, 1.807) is 4.90 Å². The molecule has 2 heterocycles. The van der Waals surface area contributed by atoms with E-state index in [1.807, 2.05) is 6.07 Å². The number of halogens is 3. The predicted octanol–water partition coefficient (Wildman–Crippen LogP) is 2.88. The van der Waals surface area contributed by atoms with Crippen molar-refractivity contribution in [3.63, 3.8) is 0 Å². The van der Waals surface area contributed by atoms with Crippen molar-refractivity contribution in [2.75, 3.05) is 44.3 Å². The Bertz CT molecular complexity index is 612. The Hall–Kier alpha value is -1.78. The van der Waals surface area contributed by atoms with E-state index < -0.39 is 11.7 Å². The van der Waals surface area contributed by atoms with E-state index in [9.17, 15) is 13.2 Å². The quantitative estimate of drug-likeness (QED) is 0.831. The second kappa shape index (κ2) is 6.99. The van der Waals surface area contributed by atoms with Crippen molar-refractivity contribution in [2.45, 2.75) is 25.1 Å². The lowest BCUT2D eigenvalue weighted by Gasteiger charge is -2.42. The lowest BCUT2D eigenvalue weighted by atomic mass is 10.0. The molecule has 2 aliphatic rings. The van der Waals surface area contributed by atoms with Crippen molar-refractivity contribution in [1.82, 2.24) is 4.90 Å². The van der Waals surface area contributed by atoms with E-state index in [-0.39, 0.29) is 11.3 Å². The molecule has 3 rings (SSSR count). The van der Waals surface area contributed by atoms with Gasteiger partial charge in [-0.2, -0.15) is 18.4 Å². The van der Waals surface area contributed by atoms with Gasteiger partial charge in [-0.3, -0.25) is 4.90 Å². The van der Waals surface area contributed by atoms with Gasteiger partial charge in [0.05, 0.1) is 22.9 Å². The number of nitrogens with zero attached hydrogens (tertiary/aromatic N) is 3. The third-order valence-electron chi connectivity index (χ3n) is 4.79.